The monoisotopic (exact) mass is 812 g/mol. The number of nitrogens with zero attached hydrogens (tertiary/aromatic N) is 1. The molecule has 0 bridgehead atoms. The van der Waals surface area contributed by atoms with Gasteiger partial charge < -0.3 is 47.8 Å². The van der Waals surface area contributed by atoms with Gasteiger partial charge in [-0.25, -0.2) is 4.79 Å². The van der Waals surface area contributed by atoms with Crippen LogP contribution in [0.5, 0.6) is 0 Å². The van der Waals surface area contributed by atoms with Gasteiger partial charge in [-0.2, -0.15) is 0 Å². The summed E-state index contributed by atoms with van der Waals surface area (Å²) in [6.45, 7) is 8.80. The van der Waals surface area contributed by atoms with E-state index in [4.69, 9.17) is 23.7 Å². The van der Waals surface area contributed by atoms with Crippen molar-refractivity contribution in [1.29, 1.82) is 0 Å². The molecule has 56 heavy (non-hydrogen) atoms. The summed E-state index contributed by atoms with van der Waals surface area (Å²) >= 11 is 5.53. The molecule has 1 aliphatic rings. The lowest BCUT2D eigenvalue weighted by Gasteiger charge is -2.29. The van der Waals surface area contributed by atoms with Gasteiger partial charge in [0.2, 0.25) is 23.6 Å². The smallest absolute Gasteiger partial charge is 0.328 e. The Kier molecular flexibility index (Phi) is 27.6. The third-order valence-electron chi connectivity index (χ3n) is 10.4. The highest BCUT2D eigenvalue weighted by Gasteiger charge is 2.38. The first-order valence-electron chi connectivity index (χ1n) is 21.6. The van der Waals surface area contributed by atoms with E-state index in [-0.39, 0.29) is 24.7 Å². The molecule has 0 radical (unpaired) electrons. The minimum Gasteiger partial charge on any atom is -0.480 e. The Morgan fingerprint density at radius 1 is 0.786 bits per heavy atom. The molecule has 1 heterocycles. The van der Waals surface area contributed by atoms with Crippen molar-refractivity contribution in [3.63, 3.8) is 0 Å². The Balaban J connectivity index is 2.81. The molecule has 0 aromatic rings. The highest BCUT2D eigenvalue weighted by molar-refractivity contribution is 7.80. The van der Waals surface area contributed by atoms with Gasteiger partial charge in [-0.3, -0.25) is 19.2 Å². The number of carbonyl (C=O) groups excluding carboxylic acids is 4. The Hall–Kier alpha value is -2.88. The van der Waals surface area contributed by atoms with Crippen molar-refractivity contribution in [2.75, 3.05) is 19.6 Å². The average Bonchev–Trinajstić information content (AvgIpc) is 3.64. The number of hydrogen-bond acceptors (Lipinski definition) is 9. The fourth-order valence-corrected chi connectivity index (χ4v) is 7.32. The topological polar surface area (TPSA) is 229 Å². The number of hydrogen-bond donors (Lipinski definition) is 8. The number of aliphatic carboxylic acids is 1. The molecular formula is C41H77N7O7S. The summed E-state index contributed by atoms with van der Waals surface area (Å²) in [5.41, 5.74) is 11.9. The van der Waals surface area contributed by atoms with E-state index in [0.717, 1.165) is 24.3 Å². The van der Waals surface area contributed by atoms with Crippen LogP contribution in [0.15, 0.2) is 0 Å². The molecular weight excluding hydrogens is 735 g/mol. The van der Waals surface area contributed by atoms with Crippen LogP contribution in [-0.2, 0) is 24.0 Å². The molecule has 1 rings (SSSR count). The number of aliphatic hydroxyl groups excluding tert-OH is 1. The molecule has 0 aromatic heterocycles. The summed E-state index contributed by atoms with van der Waals surface area (Å²) in [5.74, 6) is -3.36. The summed E-state index contributed by atoms with van der Waals surface area (Å²) in [6.07, 6.45) is 17.6. The minimum absolute atomic E-state index is 0.179. The van der Waals surface area contributed by atoms with Crippen molar-refractivity contribution in [2.45, 2.75) is 199 Å². The molecule has 10 N–H and O–H groups in total. The lowest BCUT2D eigenvalue weighted by Crippen LogP contribution is -2.59. The lowest BCUT2D eigenvalue weighted by molar-refractivity contribution is -0.145. The van der Waals surface area contributed by atoms with Crippen LogP contribution >= 0.6 is 12.2 Å². The first-order valence-corrected chi connectivity index (χ1v) is 22.0. The van der Waals surface area contributed by atoms with Gasteiger partial charge >= 0.3 is 5.97 Å². The predicted octanol–water partition coefficient (Wildman–Crippen LogP) is 4.19. The van der Waals surface area contributed by atoms with E-state index in [1.54, 1.807) is 0 Å². The number of nitrogens with two attached hydrogens (primary N) is 2. The quantitative estimate of drug-likeness (QED) is 0.0355. The summed E-state index contributed by atoms with van der Waals surface area (Å²) in [4.78, 5) is 68.0. The maximum atomic E-state index is 13.8. The van der Waals surface area contributed by atoms with Gasteiger partial charge in [0.05, 0.1) is 17.1 Å². The highest BCUT2D eigenvalue weighted by Crippen LogP contribution is 2.20. The standard InChI is InChI=1S/C41H77N7O7S/c1-5-6-7-8-9-10-11-12-13-14-15-24-35(56)44-26-19-17-22-33(38(51)47-36(30(4)49)41(54)55)45-37(50)32(21-16-18-25-42)46-39(52)34-23-20-27-48(34)40(53)31(43)28-29(2)3/h29-34,36,49H,5-28,42-43H2,1-4H3,(H,44,56)(H,45,50)(H,46,52)(H,47,51)(H,54,55)/t30-,31+,32+,33+,34+,36+/m1/s1. The first-order chi connectivity index (χ1) is 26.7. The van der Waals surface area contributed by atoms with E-state index in [0.29, 0.717) is 64.6 Å². The third kappa shape index (κ3) is 21.6. The van der Waals surface area contributed by atoms with E-state index < -0.39 is 60.0 Å². The molecule has 1 fully saturated rings. The van der Waals surface area contributed by atoms with Crippen LogP contribution in [0.25, 0.3) is 0 Å². The number of carbonyl (C=O) groups is 5. The Bertz CT molecular complexity index is 1180. The first kappa shape index (κ1) is 51.1. The molecule has 0 aliphatic carbocycles. The fourth-order valence-electron chi connectivity index (χ4n) is 7.08. The molecule has 4 amide bonds. The molecule has 14 nitrogen and oxygen atoms in total. The van der Waals surface area contributed by atoms with Crippen LogP contribution in [0, 0.1) is 5.92 Å². The molecule has 324 valence electrons. The van der Waals surface area contributed by atoms with Crippen LogP contribution in [0.2, 0.25) is 0 Å². The molecule has 1 saturated heterocycles. The van der Waals surface area contributed by atoms with Gasteiger partial charge in [0.25, 0.3) is 0 Å². The van der Waals surface area contributed by atoms with E-state index in [9.17, 15) is 34.2 Å². The van der Waals surface area contributed by atoms with Crippen LogP contribution in [-0.4, -0.2) is 106 Å². The zero-order chi connectivity index (χ0) is 41.9. The van der Waals surface area contributed by atoms with Crippen molar-refractivity contribution in [3.05, 3.63) is 0 Å². The van der Waals surface area contributed by atoms with Crippen molar-refractivity contribution < 1.29 is 34.2 Å². The van der Waals surface area contributed by atoms with Gasteiger partial charge in [0.1, 0.15) is 18.1 Å². The van der Waals surface area contributed by atoms with E-state index in [1.165, 1.54) is 69.6 Å². The number of aliphatic hydroxyl groups is 1. The van der Waals surface area contributed by atoms with Crippen LogP contribution in [0.1, 0.15) is 163 Å². The number of rotatable bonds is 32. The number of nitrogens with one attached hydrogen (secondary N) is 4. The predicted molar refractivity (Wildman–Crippen MR) is 226 cm³/mol. The number of likely N-dealkylation sites (tertiary alicyclic amines) is 1. The summed E-state index contributed by atoms with van der Waals surface area (Å²) < 4.78 is 0. The minimum atomic E-state index is -1.58. The Labute approximate surface area is 342 Å². The van der Waals surface area contributed by atoms with Gasteiger partial charge in [-0.1, -0.05) is 97.2 Å². The molecule has 0 aromatic carbocycles. The number of unbranched alkanes of at least 4 members (excludes halogenated alkanes) is 12. The van der Waals surface area contributed by atoms with Crippen LogP contribution in [0.3, 0.4) is 0 Å². The van der Waals surface area contributed by atoms with Crippen LogP contribution < -0.4 is 32.7 Å². The molecule has 0 spiro atoms. The van der Waals surface area contributed by atoms with Gasteiger partial charge in [0, 0.05) is 13.1 Å². The summed E-state index contributed by atoms with van der Waals surface area (Å²) in [6, 6.07) is -5.26. The number of carboxylic acids is 1. The second kappa shape index (κ2) is 30.2. The van der Waals surface area contributed by atoms with E-state index in [1.807, 2.05) is 13.8 Å². The second-order valence-corrected chi connectivity index (χ2v) is 16.5. The highest BCUT2D eigenvalue weighted by atomic mass is 32.1. The molecule has 1 aliphatic heterocycles. The van der Waals surface area contributed by atoms with Crippen molar-refractivity contribution in [1.82, 2.24) is 26.2 Å². The Morgan fingerprint density at radius 2 is 1.34 bits per heavy atom. The molecule has 0 saturated carbocycles. The third-order valence-corrected chi connectivity index (χ3v) is 10.7. The summed E-state index contributed by atoms with van der Waals surface area (Å²) in [7, 11) is 0. The lowest BCUT2D eigenvalue weighted by atomic mass is 10.0. The number of amides is 4. The zero-order valence-electron chi connectivity index (χ0n) is 35.0. The molecule has 0 unspecified atom stereocenters. The maximum absolute atomic E-state index is 13.8. The normalized spacial score (nSPS) is 16.8. The molecule has 6 atom stereocenters. The average molecular weight is 812 g/mol. The molecule has 15 heteroatoms. The largest absolute Gasteiger partial charge is 0.480 e. The van der Waals surface area contributed by atoms with Crippen molar-refractivity contribution in [3.8, 4) is 0 Å². The van der Waals surface area contributed by atoms with Gasteiger partial charge in [-0.05, 0) is 90.0 Å². The zero-order valence-corrected chi connectivity index (χ0v) is 35.8. The second-order valence-electron chi connectivity index (χ2n) is 16.0. The maximum Gasteiger partial charge on any atom is 0.328 e. The van der Waals surface area contributed by atoms with Crippen LogP contribution in [0.4, 0.5) is 0 Å². The van der Waals surface area contributed by atoms with E-state index >= 15 is 0 Å². The van der Waals surface area contributed by atoms with Crippen molar-refractivity contribution in [2.24, 2.45) is 17.4 Å². The fraction of sp³-hybridized carbons (Fsp3) is 0.854. The van der Waals surface area contributed by atoms with Gasteiger partial charge in [-0.15, -0.1) is 0 Å². The SMILES string of the molecule is CCCCCCCCCCCCCC(=S)NCCCC[C@H](NC(=O)[C@H](CCCCN)NC(=O)[C@@H]1CCCN1C(=O)[C@@H](N)CC(C)C)C(=O)N[C@H](C(=O)O)[C@@H](C)O. The Morgan fingerprint density at radius 3 is 1.89 bits per heavy atom. The number of thiocarbonyl (C=S) groups is 1. The van der Waals surface area contributed by atoms with Gasteiger partial charge in [0.15, 0.2) is 6.04 Å². The van der Waals surface area contributed by atoms with Crippen molar-refractivity contribution >= 4 is 46.8 Å². The number of carboxylic acid groups (broad SMARTS) is 1. The summed E-state index contributed by atoms with van der Waals surface area (Å²) in [5, 5.41) is 30.8. The van der Waals surface area contributed by atoms with E-state index in [2.05, 4.69) is 28.2 Å².